The molecule has 3 N–H and O–H groups in total. The number of aliphatic hydroxyl groups excluding tert-OH is 1. The average molecular weight is 249 g/mol. The zero-order chi connectivity index (χ0) is 12.4. The number of rotatable bonds is 2. The van der Waals surface area contributed by atoms with Crippen molar-refractivity contribution in [2.75, 3.05) is 5.73 Å². The van der Waals surface area contributed by atoms with E-state index in [1.807, 2.05) is 19.1 Å². The lowest BCUT2D eigenvalue weighted by molar-refractivity contribution is 0.220. The van der Waals surface area contributed by atoms with Crippen molar-refractivity contribution >= 4 is 17.4 Å². The third kappa shape index (κ3) is 2.40. The van der Waals surface area contributed by atoms with E-state index in [0.717, 1.165) is 5.56 Å². The maximum Gasteiger partial charge on any atom is 0.129 e. The predicted octanol–water partition coefficient (Wildman–Crippen LogP) is 2.71. The molecule has 0 spiro atoms. The number of aromatic nitrogens is 1. The van der Waals surface area contributed by atoms with Gasteiger partial charge in [-0.3, -0.25) is 0 Å². The number of pyridine rings is 1. The minimum Gasteiger partial charge on any atom is -0.384 e. The van der Waals surface area contributed by atoms with Crippen molar-refractivity contribution in [3.8, 4) is 0 Å². The Morgan fingerprint density at radius 2 is 2.12 bits per heavy atom. The molecule has 1 aromatic carbocycles. The molecule has 88 valence electrons. The third-order valence-corrected chi connectivity index (χ3v) is 3.08. The molecule has 0 fully saturated rings. The highest BCUT2D eigenvalue weighted by molar-refractivity contribution is 6.31. The van der Waals surface area contributed by atoms with Crippen molar-refractivity contribution in [1.82, 2.24) is 4.98 Å². The normalized spacial score (nSPS) is 12.4. The maximum absolute atomic E-state index is 10.2. The summed E-state index contributed by atoms with van der Waals surface area (Å²) in [5, 5.41) is 10.8. The average Bonchev–Trinajstić information content (AvgIpc) is 2.32. The summed E-state index contributed by atoms with van der Waals surface area (Å²) in [4.78, 5) is 3.95. The molecule has 1 aromatic heterocycles. The van der Waals surface area contributed by atoms with Gasteiger partial charge < -0.3 is 10.8 Å². The Bertz CT molecular complexity index is 543. The molecule has 1 heterocycles. The van der Waals surface area contributed by atoms with Gasteiger partial charge in [0.25, 0.3) is 0 Å². The topological polar surface area (TPSA) is 59.1 Å². The quantitative estimate of drug-likeness (QED) is 0.859. The molecule has 0 radical (unpaired) electrons. The summed E-state index contributed by atoms with van der Waals surface area (Å²) in [6, 6.07) is 8.94. The number of benzene rings is 1. The highest BCUT2D eigenvalue weighted by Gasteiger charge is 2.14. The van der Waals surface area contributed by atoms with Crippen molar-refractivity contribution in [3.63, 3.8) is 0 Å². The molecule has 1 unspecified atom stereocenters. The Balaban J connectivity index is 2.40. The molecule has 3 nitrogen and oxygen atoms in total. The lowest BCUT2D eigenvalue weighted by Gasteiger charge is -2.13. The highest BCUT2D eigenvalue weighted by Crippen LogP contribution is 2.28. The third-order valence-electron chi connectivity index (χ3n) is 2.68. The van der Waals surface area contributed by atoms with Crippen LogP contribution in [-0.4, -0.2) is 10.1 Å². The van der Waals surface area contributed by atoms with E-state index in [1.165, 1.54) is 0 Å². The first-order chi connectivity index (χ1) is 8.09. The van der Waals surface area contributed by atoms with E-state index in [0.29, 0.717) is 22.0 Å². The zero-order valence-electron chi connectivity index (χ0n) is 9.39. The van der Waals surface area contributed by atoms with Gasteiger partial charge in [0.2, 0.25) is 0 Å². The van der Waals surface area contributed by atoms with Gasteiger partial charge in [0.15, 0.2) is 0 Å². The van der Waals surface area contributed by atoms with Gasteiger partial charge in [-0.15, -0.1) is 0 Å². The van der Waals surface area contributed by atoms with Gasteiger partial charge in [-0.2, -0.15) is 0 Å². The van der Waals surface area contributed by atoms with Crippen LogP contribution < -0.4 is 5.73 Å². The van der Waals surface area contributed by atoms with Crippen LogP contribution in [0.25, 0.3) is 0 Å². The van der Waals surface area contributed by atoms with Crippen molar-refractivity contribution in [2.45, 2.75) is 13.0 Å². The molecule has 4 heteroatoms. The van der Waals surface area contributed by atoms with Crippen molar-refractivity contribution in [2.24, 2.45) is 0 Å². The Labute approximate surface area is 105 Å². The van der Waals surface area contributed by atoms with Gasteiger partial charge in [0.1, 0.15) is 11.9 Å². The van der Waals surface area contributed by atoms with Crippen LogP contribution in [0.4, 0.5) is 5.82 Å². The van der Waals surface area contributed by atoms with E-state index in [1.54, 1.807) is 24.4 Å². The van der Waals surface area contributed by atoms with Crippen LogP contribution in [0.15, 0.2) is 36.5 Å². The second-order valence-corrected chi connectivity index (χ2v) is 4.30. The molecule has 17 heavy (non-hydrogen) atoms. The number of anilines is 1. The van der Waals surface area contributed by atoms with Gasteiger partial charge in [-0.25, -0.2) is 4.98 Å². The molecule has 0 aliphatic heterocycles. The van der Waals surface area contributed by atoms with Crippen LogP contribution in [0.5, 0.6) is 0 Å². The molecule has 0 saturated carbocycles. The molecule has 0 saturated heterocycles. The Hall–Kier alpha value is -1.58. The number of aryl methyl sites for hydroxylation is 1. The minimum atomic E-state index is -0.804. The van der Waals surface area contributed by atoms with E-state index in [4.69, 9.17) is 17.3 Å². The summed E-state index contributed by atoms with van der Waals surface area (Å²) < 4.78 is 0. The van der Waals surface area contributed by atoms with Crippen molar-refractivity contribution < 1.29 is 5.11 Å². The summed E-state index contributed by atoms with van der Waals surface area (Å²) >= 11 is 6.03. The van der Waals surface area contributed by atoms with Crippen molar-refractivity contribution in [1.29, 1.82) is 0 Å². The first-order valence-electron chi connectivity index (χ1n) is 5.24. The van der Waals surface area contributed by atoms with E-state index >= 15 is 0 Å². The van der Waals surface area contributed by atoms with Gasteiger partial charge in [0, 0.05) is 16.8 Å². The molecular weight excluding hydrogens is 236 g/mol. The number of nitrogens with zero attached hydrogens (tertiary/aromatic N) is 1. The molecule has 0 aliphatic carbocycles. The second-order valence-electron chi connectivity index (χ2n) is 3.89. The van der Waals surface area contributed by atoms with E-state index in [-0.39, 0.29) is 0 Å². The molecule has 0 bridgehead atoms. The molecule has 0 aliphatic rings. The number of nitrogen functional groups attached to an aromatic ring is 1. The molecule has 1 atom stereocenters. The van der Waals surface area contributed by atoms with Gasteiger partial charge in [-0.1, -0.05) is 29.8 Å². The molecular formula is C13H13ClN2O. The molecule has 2 rings (SSSR count). The number of halogens is 1. The Morgan fingerprint density at radius 1 is 1.35 bits per heavy atom. The summed E-state index contributed by atoms with van der Waals surface area (Å²) in [5.41, 5.74) is 8.00. The first kappa shape index (κ1) is 11.9. The number of aliphatic hydroxyl groups is 1. The number of hydrogen-bond acceptors (Lipinski definition) is 3. The molecule has 0 amide bonds. The van der Waals surface area contributed by atoms with Crippen LogP contribution in [0.3, 0.4) is 0 Å². The highest BCUT2D eigenvalue weighted by atomic mass is 35.5. The number of hydrogen-bond donors (Lipinski definition) is 2. The summed E-state index contributed by atoms with van der Waals surface area (Å²) in [7, 11) is 0. The van der Waals surface area contributed by atoms with E-state index < -0.39 is 6.10 Å². The largest absolute Gasteiger partial charge is 0.384 e. The van der Waals surface area contributed by atoms with Crippen molar-refractivity contribution in [3.05, 3.63) is 58.2 Å². The minimum absolute atomic E-state index is 0.330. The second kappa shape index (κ2) is 4.73. The van der Waals surface area contributed by atoms with Crippen LogP contribution in [0, 0.1) is 6.92 Å². The maximum atomic E-state index is 10.2. The Kier molecular flexibility index (Phi) is 3.31. The van der Waals surface area contributed by atoms with Gasteiger partial charge in [0.05, 0.1) is 0 Å². The fourth-order valence-corrected chi connectivity index (χ4v) is 1.81. The smallest absolute Gasteiger partial charge is 0.129 e. The molecule has 2 aromatic rings. The first-order valence-corrected chi connectivity index (χ1v) is 5.62. The number of nitrogens with two attached hydrogens (primary N) is 1. The Morgan fingerprint density at radius 3 is 2.76 bits per heavy atom. The van der Waals surface area contributed by atoms with Gasteiger partial charge in [-0.05, 0) is 30.2 Å². The zero-order valence-corrected chi connectivity index (χ0v) is 10.1. The van der Waals surface area contributed by atoms with Crippen LogP contribution in [0.2, 0.25) is 5.02 Å². The fraction of sp³-hybridized carbons (Fsp3) is 0.154. The predicted molar refractivity (Wildman–Crippen MR) is 68.9 cm³/mol. The van der Waals surface area contributed by atoms with Crippen LogP contribution >= 0.6 is 11.6 Å². The monoisotopic (exact) mass is 248 g/mol. The fourth-order valence-electron chi connectivity index (χ4n) is 1.62. The lowest BCUT2D eigenvalue weighted by Crippen LogP contribution is -2.05. The lowest BCUT2D eigenvalue weighted by atomic mass is 10.0. The standard InChI is InChI=1S/C13H13ClN2O/c1-8-4-5-9(7-11(8)14)12(17)10-3-2-6-16-13(10)15/h2-7,12,17H,1H3,(H2,15,16). The summed E-state index contributed by atoms with van der Waals surface area (Å²) in [6.45, 7) is 1.91. The van der Waals surface area contributed by atoms with Crippen LogP contribution in [-0.2, 0) is 0 Å². The van der Waals surface area contributed by atoms with Crippen LogP contribution in [0.1, 0.15) is 22.8 Å². The SMILES string of the molecule is Cc1ccc(C(O)c2cccnc2N)cc1Cl. The summed E-state index contributed by atoms with van der Waals surface area (Å²) in [5.74, 6) is 0.330. The van der Waals surface area contributed by atoms with E-state index in [9.17, 15) is 5.11 Å². The van der Waals surface area contributed by atoms with Gasteiger partial charge >= 0.3 is 0 Å². The summed E-state index contributed by atoms with van der Waals surface area (Å²) in [6.07, 6.45) is 0.787. The van der Waals surface area contributed by atoms with E-state index in [2.05, 4.69) is 4.98 Å².